The van der Waals surface area contributed by atoms with Crippen molar-refractivity contribution in [2.75, 3.05) is 12.3 Å². The smallest absolute Gasteiger partial charge is 0.240 e. The van der Waals surface area contributed by atoms with Gasteiger partial charge in [0.1, 0.15) is 0 Å². The number of halogens is 1. The Balaban J connectivity index is 2.45. The first-order valence-corrected chi connectivity index (χ1v) is 5.05. The molecule has 14 heavy (non-hydrogen) atoms. The zero-order chi connectivity index (χ0) is 10.6. The molecule has 6 nitrogen and oxygen atoms in total. The van der Waals surface area contributed by atoms with E-state index in [0.717, 1.165) is 0 Å². The molecule has 1 aromatic rings. The quantitative estimate of drug-likeness (QED) is 0.808. The van der Waals surface area contributed by atoms with Gasteiger partial charge in [-0.15, -0.1) is 5.10 Å². The van der Waals surface area contributed by atoms with Crippen molar-refractivity contribution in [2.24, 2.45) is 0 Å². The molecule has 1 aromatic heterocycles. The van der Waals surface area contributed by atoms with Crippen molar-refractivity contribution < 1.29 is 4.79 Å². The third kappa shape index (κ3) is 2.99. The van der Waals surface area contributed by atoms with Crippen LogP contribution in [0.1, 0.15) is 13.3 Å². The normalized spacial score (nSPS) is 10.1. The van der Waals surface area contributed by atoms with Gasteiger partial charge in [-0.3, -0.25) is 4.79 Å². The summed E-state index contributed by atoms with van der Waals surface area (Å²) >= 11 is 3.18. The standard InChI is InChI=1S/C7H12BrN5O/c1-2-10-5(14)3-4-13-6(8)11-7(9)12-13/h2-4H2,1H3,(H2,9,12)(H,10,14). The van der Waals surface area contributed by atoms with Gasteiger partial charge in [0.15, 0.2) is 4.73 Å². The van der Waals surface area contributed by atoms with Crippen molar-refractivity contribution >= 4 is 27.8 Å². The molecule has 0 fully saturated rings. The van der Waals surface area contributed by atoms with Crippen molar-refractivity contribution in [3.05, 3.63) is 4.73 Å². The molecule has 0 saturated carbocycles. The summed E-state index contributed by atoms with van der Waals surface area (Å²) < 4.78 is 2.09. The third-order valence-corrected chi connectivity index (χ3v) is 2.15. The number of hydrogen-bond acceptors (Lipinski definition) is 4. The average molecular weight is 262 g/mol. The fourth-order valence-corrected chi connectivity index (χ4v) is 1.41. The van der Waals surface area contributed by atoms with Crippen LogP contribution in [0, 0.1) is 0 Å². The van der Waals surface area contributed by atoms with E-state index >= 15 is 0 Å². The van der Waals surface area contributed by atoms with Crippen LogP contribution in [-0.4, -0.2) is 27.2 Å². The lowest BCUT2D eigenvalue weighted by atomic mass is 10.4. The fourth-order valence-electron chi connectivity index (χ4n) is 0.975. The Bertz CT molecular complexity index is 324. The molecule has 1 rings (SSSR count). The van der Waals surface area contributed by atoms with Crippen molar-refractivity contribution in [2.45, 2.75) is 19.9 Å². The maximum absolute atomic E-state index is 11.1. The van der Waals surface area contributed by atoms with Crippen molar-refractivity contribution in [1.29, 1.82) is 0 Å². The molecular weight excluding hydrogens is 250 g/mol. The summed E-state index contributed by atoms with van der Waals surface area (Å²) in [6.45, 7) is 2.98. The Kier molecular flexibility index (Phi) is 3.87. The number of carbonyl (C=O) groups excluding carboxylic acids is 1. The number of rotatable bonds is 4. The highest BCUT2D eigenvalue weighted by Crippen LogP contribution is 2.08. The first-order valence-electron chi connectivity index (χ1n) is 4.26. The molecule has 0 saturated heterocycles. The van der Waals surface area contributed by atoms with E-state index in [1.165, 1.54) is 0 Å². The van der Waals surface area contributed by atoms with Crippen LogP contribution in [0.3, 0.4) is 0 Å². The van der Waals surface area contributed by atoms with Gasteiger partial charge in [-0.1, -0.05) is 0 Å². The van der Waals surface area contributed by atoms with Gasteiger partial charge in [-0.05, 0) is 22.9 Å². The lowest BCUT2D eigenvalue weighted by molar-refractivity contribution is -0.121. The Labute approximate surface area is 90.0 Å². The van der Waals surface area contributed by atoms with E-state index < -0.39 is 0 Å². The summed E-state index contributed by atoms with van der Waals surface area (Å²) in [5, 5.41) is 6.59. The Morgan fingerprint density at radius 1 is 1.71 bits per heavy atom. The fraction of sp³-hybridized carbons (Fsp3) is 0.571. The number of hydrogen-bond donors (Lipinski definition) is 2. The summed E-state index contributed by atoms with van der Waals surface area (Å²) in [6, 6.07) is 0. The zero-order valence-electron chi connectivity index (χ0n) is 7.83. The van der Waals surface area contributed by atoms with Crippen molar-refractivity contribution in [1.82, 2.24) is 20.1 Å². The molecule has 1 heterocycles. The Morgan fingerprint density at radius 3 is 2.93 bits per heavy atom. The molecule has 0 aliphatic heterocycles. The Morgan fingerprint density at radius 2 is 2.43 bits per heavy atom. The summed E-state index contributed by atoms with van der Waals surface area (Å²) in [5.74, 6) is 0.196. The van der Waals surface area contributed by atoms with Crippen LogP contribution in [0.5, 0.6) is 0 Å². The number of amides is 1. The van der Waals surface area contributed by atoms with Gasteiger partial charge in [0.05, 0.1) is 6.54 Å². The van der Waals surface area contributed by atoms with Crippen molar-refractivity contribution in [3.63, 3.8) is 0 Å². The van der Waals surface area contributed by atoms with E-state index in [-0.39, 0.29) is 11.9 Å². The van der Waals surface area contributed by atoms with Gasteiger partial charge in [0.2, 0.25) is 11.9 Å². The predicted octanol–water partition coefficient (Wildman–Crippen LogP) is 0.149. The lowest BCUT2D eigenvalue weighted by Crippen LogP contribution is -2.24. The SMILES string of the molecule is CCNC(=O)CCn1nc(N)nc1Br. The van der Waals surface area contributed by atoms with E-state index in [1.807, 2.05) is 6.92 Å². The monoisotopic (exact) mass is 261 g/mol. The van der Waals surface area contributed by atoms with Crippen LogP contribution in [0.4, 0.5) is 5.95 Å². The topological polar surface area (TPSA) is 85.8 Å². The van der Waals surface area contributed by atoms with E-state index in [0.29, 0.717) is 24.2 Å². The van der Waals surface area contributed by atoms with Gasteiger partial charge in [-0.25, -0.2) is 4.68 Å². The number of aryl methyl sites for hydroxylation is 1. The molecule has 78 valence electrons. The first-order chi connectivity index (χ1) is 6.63. The molecule has 0 aliphatic carbocycles. The van der Waals surface area contributed by atoms with Gasteiger partial charge in [0, 0.05) is 13.0 Å². The number of nitrogens with zero attached hydrogens (tertiary/aromatic N) is 3. The molecule has 0 aromatic carbocycles. The van der Waals surface area contributed by atoms with E-state index in [1.54, 1.807) is 4.68 Å². The number of nitrogens with two attached hydrogens (primary N) is 1. The van der Waals surface area contributed by atoms with Crippen LogP contribution < -0.4 is 11.1 Å². The Hall–Kier alpha value is -1.11. The second-order valence-corrected chi connectivity index (χ2v) is 3.37. The van der Waals surface area contributed by atoms with Gasteiger partial charge in [0.25, 0.3) is 0 Å². The molecule has 0 bridgehead atoms. The van der Waals surface area contributed by atoms with Crippen molar-refractivity contribution in [3.8, 4) is 0 Å². The average Bonchev–Trinajstić information content (AvgIpc) is 2.42. The summed E-state index contributed by atoms with van der Waals surface area (Å²) in [7, 11) is 0. The number of anilines is 1. The number of nitrogen functional groups attached to an aromatic ring is 1. The van der Waals surface area contributed by atoms with Gasteiger partial charge >= 0.3 is 0 Å². The van der Waals surface area contributed by atoms with Crippen LogP contribution in [0.25, 0.3) is 0 Å². The van der Waals surface area contributed by atoms with E-state index in [2.05, 4.69) is 31.3 Å². The third-order valence-electron chi connectivity index (χ3n) is 1.57. The number of nitrogens with one attached hydrogen (secondary N) is 1. The van der Waals surface area contributed by atoms with Crippen LogP contribution in [0.15, 0.2) is 4.73 Å². The molecule has 0 radical (unpaired) electrons. The van der Waals surface area contributed by atoms with E-state index in [9.17, 15) is 4.79 Å². The minimum Gasteiger partial charge on any atom is -0.366 e. The van der Waals surface area contributed by atoms with Gasteiger partial charge in [-0.2, -0.15) is 4.98 Å². The second kappa shape index (κ2) is 4.94. The molecule has 7 heteroatoms. The van der Waals surface area contributed by atoms with Crippen LogP contribution in [-0.2, 0) is 11.3 Å². The molecule has 0 aliphatic rings. The zero-order valence-corrected chi connectivity index (χ0v) is 9.41. The maximum Gasteiger partial charge on any atom is 0.240 e. The number of carbonyl (C=O) groups is 1. The second-order valence-electron chi connectivity index (χ2n) is 2.67. The minimum absolute atomic E-state index is 0.00604. The number of aromatic nitrogens is 3. The molecule has 0 unspecified atom stereocenters. The summed E-state index contributed by atoms with van der Waals surface area (Å²) in [5.41, 5.74) is 5.37. The maximum atomic E-state index is 11.1. The van der Waals surface area contributed by atoms with Crippen LogP contribution >= 0.6 is 15.9 Å². The highest BCUT2D eigenvalue weighted by Gasteiger charge is 2.06. The highest BCUT2D eigenvalue weighted by molar-refractivity contribution is 9.10. The van der Waals surface area contributed by atoms with Gasteiger partial charge < -0.3 is 11.1 Å². The predicted molar refractivity (Wildman–Crippen MR) is 55.4 cm³/mol. The summed E-state index contributed by atoms with van der Waals surface area (Å²) in [6.07, 6.45) is 0.370. The summed E-state index contributed by atoms with van der Waals surface area (Å²) in [4.78, 5) is 15.0. The van der Waals surface area contributed by atoms with Crippen LogP contribution in [0.2, 0.25) is 0 Å². The molecule has 3 N–H and O–H groups in total. The minimum atomic E-state index is -0.00604. The van der Waals surface area contributed by atoms with E-state index in [4.69, 9.17) is 5.73 Å². The molecule has 0 spiro atoms. The first kappa shape index (κ1) is 11.0. The molecule has 1 amide bonds. The molecular formula is C7H12BrN5O. The highest BCUT2D eigenvalue weighted by atomic mass is 79.9. The molecule has 0 atom stereocenters. The largest absolute Gasteiger partial charge is 0.366 e. The lowest BCUT2D eigenvalue weighted by Gasteiger charge is -2.02.